The van der Waals surface area contributed by atoms with Crippen molar-refractivity contribution in [2.45, 2.75) is 39.8 Å². The highest BCUT2D eigenvalue weighted by Crippen LogP contribution is 2.14. The maximum Gasteiger partial charge on any atom is 0.259 e. The summed E-state index contributed by atoms with van der Waals surface area (Å²) >= 11 is 0. The second kappa shape index (κ2) is 6.34. The Morgan fingerprint density at radius 2 is 2.24 bits per heavy atom. The molecule has 0 bridgehead atoms. The lowest BCUT2D eigenvalue weighted by molar-refractivity contribution is -0.122. The Kier molecular flexibility index (Phi) is 4.52. The fraction of sp³-hybridized carbons (Fsp3) is 0.429. The van der Waals surface area contributed by atoms with Gasteiger partial charge in [0.15, 0.2) is 5.82 Å². The number of carbonyl (C=O) groups excluding carboxylic acids is 1. The first-order valence-electron chi connectivity index (χ1n) is 6.80. The fourth-order valence-corrected chi connectivity index (χ4v) is 1.77. The molecule has 0 aliphatic heterocycles. The maximum absolute atomic E-state index is 11.9. The topological polar surface area (TPSA) is 90.0 Å². The van der Waals surface area contributed by atoms with Gasteiger partial charge < -0.3 is 14.4 Å². The summed E-state index contributed by atoms with van der Waals surface area (Å²) in [6, 6.07) is 3.05. The average molecular weight is 290 g/mol. The van der Waals surface area contributed by atoms with Gasteiger partial charge in [-0.2, -0.15) is 4.98 Å². The highest BCUT2D eigenvalue weighted by Gasteiger charge is 2.11. The van der Waals surface area contributed by atoms with E-state index in [9.17, 15) is 9.59 Å². The van der Waals surface area contributed by atoms with E-state index in [1.165, 1.54) is 10.6 Å². The molecule has 0 aliphatic rings. The summed E-state index contributed by atoms with van der Waals surface area (Å²) in [5.41, 5.74) is 0.348. The smallest absolute Gasteiger partial charge is 0.259 e. The van der Waals surface area contributed by atoms with Gasteiger partial charge in [0.05, 0.1) is 5.56 Å². The summed E-state index contributed by atoms with van der Waals surface area (Å²) in [7, 11) is 0. The van der Waals surface area contributed by atoms with Crippen molar-refractivity contribution in [2.24, 2.45) is 0 Å². The molecule has 112 valence electrons. The number of carbonyl (C=O) groups is 1. The van der Waals surface area contributed by atoms with Crippen LogP contribution in [0, 0.1) is 6.92 Å². The van der Waals surface area contributed by atoms with Crippen LogP contribution in [0.3, 0.4) is 0 Å². The van der Waals surface area contributed by atoms with Gasteiger partial charge in [-0.05, 0) is 26.3 Å². The van der Waals surface area contributed by atoms with Crippen LogP contribution in [0.2, 0.25) is 0 Å². The molecule has 7 heteroatoms. The van der Waals surface area contributed by atoms with Crippen molar-refractivity contribution in [1.29, 1.82) is 0 Å². The van der Waals surface area contributed by atoms with Gasteiger partial charge in [-0.15, -0.1) is 0 Å². The Labute approximate surface area is 122 Å². The van der Waals surface area contributed by atoms with Crippen molar-refractivity contribution in [3.05, 3.63) is 34.5 Å². The molecule has 1 amide bonds. The summed E-state index contributed by atoms with van der Waals surface area (Å²) in [5.74, 6) is 0.631. The SMILES string of the molecule is CCC(C)NC(=O)Cn1cc(-c2nc(C)no2)ccc1=O. The standard InChI is InChI=1S/C14H18N4O3/c1-4-9(2)15-12(19)8-18-7-11(5-6-13(18)20)14-16-10(3)17-21-14/h5-7,9H,4,8H2,1-3H3,(H,15,19). The Morgan fingerprint density at radius 1 is 1.48 bits per heavy atom. The molecular formula is C14H18N4O3. The van der Waals surface area contributed by atoms with Crippen molar-refractivity contribution >= 4 is 5.91 Å². The highest BCUT2D eigenvalue weighted by molar-refractivity contribution is 5.76. The summed E-state index contributed by atoms with van der Waals surface area (Å²) in [6.45, 7) is 5.57. The first kappa shape index (κ1) is 15.0. The van der Waals surface area contributed by atoms with Crippen LogP contribution >= 0.6 is 0 Å². The quantitative estimate of drug-likeness (QED) is 0.891. The normalized spacial score (nSPS) is 12.1. The van der Waals surface area contributed by atoms with E-state index in [0.29, 0.717) is 17.3 Å². The highest BCUT2D eigenvalue weighted by atomic mass is 16.5. The number of amides is 1. The minimum atomic E-state index is -0.255. The zero-order valence-electron chi connectivity index (χ0n) is 12.3. The number of rotatable bonds is 5. The van der Waals surface area contributed by atoms with E-state index in [2.05, 4.69) is 15.5 Å². The van der Waals surface area contributed by atoms with Crippen LogP contribution < -0.4 is 10.9 Å². The zero-order chi connectivity index (χ0) is 15.4. The van der Waals surface area contributed by atoms with Crippen molar-refractivity contribution in [3.63, 3.8) is 0 Å². The van der Waals surface area contributed by atoms with E-state index in [1.54, 1.807) is 19.2 Å². The van der Waals surface area contributed by atoms with E-state index >= 15 is 0 Å². The number of aryl methyl sites for hydroxylation is 1. The van der Waals surface area contributed by atoms with Crippen LogP contribution in [0.25, 0.3) is 11.5 Å². The van der Waals surface area contributed by atoms with Crippen LogP contribution in [0.1, 0.15) is 26.1 Å². The predicted molar refractivity (Wildman–Crippen MR) is 76.6 cm³/mol. The number of aromatic nitrogens is 3. The number of nitrogens with zero attached hydrogens (tertiary/aromatic N) is 3. The van der Waals surface area contributed by atoms with Crippen LogP contribution in [0.4, 0.5) is 0 Å². The average Bonchev–Trinajstić information content (AvgIpc) is 2.87. The molecule has 2 aromatic rings. The molecule has 0 fully saturated rings. The summed E-state index contributed by atoms with van der Waals surface area (Å²) in [4.78, 5) is 27.8. The third-order valence-electron chi connectivity index (χ3n) is 3.09. The lowest BCUT2D eigenvalue weighted by Crippen LogP contribution is -2.36. The van der Waals surface area contributed by atoms with Crippen molar-refractivity contribution in [3.8, 4) is 11.5 Å². The molecule has 1 N–H and O–H groups in total. The van der Waals surface area contributed by atoms with Crippen molar-refractivity contribution in [1.82, 2.24) is 20.0 Å². The second-order valence-corrected chi connectivity index (χ2v) is 4.91. The Hall–Kier alpha value is -2.44. The van der Waals surface area contributed by atoms with Crippen LogP contribution in [0.5, 0.6) is 0 Å². The second-order valence-electron chi connectivity index (χ2n) is 4.91. The molecule has 0 saturated carbocycles. The van der Waals surface area contributed by atoms with Gasteiger partial charge in [0.1, 0.15) is 6.54 Å². The van der Waals surface area contributed by atoms with E-state index < -0.39 is 0 Å². The summed E-state index contributed by atoms with van der Waals surface area (Å²) in [6.07, 6.45) is 2.38. The minimum absolute atomic E-state index is 0.0376. The molecule has 1 atom stereocenters. The van der Waals surface area contributed by atoms with Gasteiger partial charge in [-0.3, -0.25) is 9.59 Å². The van der Waals surface area contributed by atoms with Crippen LogP contribution in [-0.4, -0.2) is 26.7 Å². The van der Waals surface area contributed by atoms with E-state index in [0.717, 1.165) is 6.42 Å². The number of hydrogen-bond acceptors (Lipinski definition) is 5. The zero-order valence-corrected chi connectivity index (χ0v) is 12.3. The fourth-order valence-electron chi connectivity index (χ4n) is 1.77. The third-order valence-corrected chi connectivity index (χ3v) is 3.09. The van der Waals surface area contributed by atoms with Gasteiger partial charge >= 0.3 is 0 Å². The molecule has 2 rings (SSSR count). The molecule has 0 aromatic carbocycles. The third kappa shape index (κ3) is 3.77. The van der Waals surface area contributed by atoms with Gasteiger partial charge in [0.25, 0.3) is 11.4 Å². The molecular weight excluding hydrogens is 272 g/mol. The van der Waals surface area contributed by atoms with Crippen LogP contribution in [0.15, 0.2) is 27.6 Å². The largest absolute Gasteiger partial charge is 0.352 e. The molecule has 7 nitrogen and oxygen atoms in total. The lowest BCUT2D eigenvalue weighted by atomic mass is 10.2. The summed E-state index contributed by atoms with van der Waals surface area (Å²) < 4.78 is 6.38. The Balaban J connectivity index is 2.20. The van der Waals surface area contributed by atoms with Crippen molar-refractivity contribution < 1.29 is 9.32 Å². The Bertz CT molecular complexity index is 690. The molecule has 1 unspecified atom stereocenters. The molecule has 0 saturated heterocycles. The molecule has 2 heterocycles. The first-order chi connectivity index (χ1) is 9.99. The molecule has 2 aromatic heterocycles. The monoisotopic (exact) mass is 290 g/mol. The molecule has 21 heavy (non-hydrogen) atoms. The molecule has 0 spiro atoms. The van der Waals surface area contributed by atoms with Gasteiger partial charge in [-0.1, -0.05) is 12.1 Å². The number of hydrogen-bond donors (Lipinski definition) is 1. The predicted octanol–water partition coefficient (Wildman–Crippen LogP) is 1.12. The van der Waals surface area contributed by atoms with Crippen molar-refractivity contribution in [2.75, 3.05) is 0 Å². The number of nitrogens with one attached hydrogen (secondary N) is 1. The minimum Gasteiger partial charge on any atom is -0.352 e. The maximum atomic E-state index is 11.9. The van der Waals surface area contributed by atoms with E-state index in [4.69, 9.17) is 4.52 Å². The van der Waals surface area contributed by atoms with Gasteiger partial charge in [0.2, 0.25) is 5.91 Å². The first-order valence-corrected chi connectivity index (χ1v) is 6.80. The Morgan fingerprint density at radius 3 is 2.86 bits per heavy atom. The van der Waals surface area contributed by atoms with E-state index in [1.807, 2.05) is 13.8 Å². The number of pyridine rings is 1. The van der Waals surface area contributed by atoms with Gasteiger partial charge in [-0.25, -0.2) is 0 Å². The van der Waals surface area contributed by atoms with E-state index in [-0.39, 0.29) is 24.1 Å². The van der Waals surface area contributed by atoms with Crippen LogP contribution in [-0.2, 0) is 11.3 Å². The molecule has 0 aliphatic carbocycles. The molecule has 0 radical (unpaired) electrons. The lowest BCUT2D eigenvalue weighted by Gasteiger charge is -2.12. The summed E-state index contributed by atoms with van der Waals surface area (Å²) in [5, 5.41) is 6.52. The van der Waals surface area contributed by atoms with Gasteiger partial charge in [0, 0.05) is 18.3 Å².